The van der Waals surface area contributed by atoms with Crippen molar-refractivity contribution in [2.45, 2.75) is 13.3 Å². The van der Waals surface area contributed by atoms with Crippen LogP contribution in [-0.4, -0.2) is 10.9 Å². The van der Waals surface area contributed by atoms with Crippen LogP contribution in [0.4, 0.5) is 0 Å². The summed E-state index contributed by atoms with van der Waals surface area (Å²) in [4.78, 5) is 11.1. The molecule has 0 aliphatic rings. The number of aromatic nitrogens is 1. The Morgan fingerprint density at radius 1 is 1.35 bits per heavy atom. The fourth-order valence-corrected chi connectivity index (χ4v) is 1.41. The van der Waals surface area contributed by atoms with Gasteiger partial charge in [-0.2, -0.15) is 0 Å². The van der Waals surface area contributed by atoms with Crippen molar-refractivity contribution >= 4 is 11.9 Å². The van der Waals surface area contributed by atoms with Crippen LogP contribution in [-0.2, 0) is 4.79 Å². The number of nitrogens with zero attached hydrogens (tertiary/aromatic N) is 1. The van der Waals surface area contributed by atoms with E-state index in [4.69, 9.17) is 4.52 Å². The Kier molecular flexibility index (Phi) is 3.50. The first-order valence-corrected chi connectivity index (χ1v) is 5.52. The lowest BCUT2D eigenvalue weighted by Crippen LogP contribution is -1.85. The predicted octanol–water partition coefficient (Wildman–Crippen LogP) is 3.33. The highest BCUT2D eigenvalue weighted by molar-refractivity contribution is 5.93. The van der Waals surface area contributed by atoms with Gasteiger partial charge >= 0.3 is 0 Å². The third kappa shape index (κ3) is 2.91. The standard InChI is InChI=1S/C14H13NO2/c1-2-12(16)8-9-13-10-14(15-17-13)11-6-4-3-5-7-11/h3-10H,2H2,1H3/b9-8+. The minimum absolute atomic E-state index is 0.0719. The third-order valence-electron chi connectivity index (χ3n) is 2.38. The minimum atomic E-state index is 0.0719. The van der Waals surface area contributed by atoms with Crippen LogP contribution in [0.5, 0.6) is 0 Å². The van der Waals surface area contributed by atoms with Gasteiger partial charge in [0.2, 0.25) is 0 Å². The molecule has 0 bridgehead atoms. The maximum Gasteiger partial charge on any atom is 0.160 e. The molecule has 2 aromatic rings. The highest BCUT2D eigenvalue weighted by atomic mass is 16.5. The van der Waals surface area contributed by atoms with Crippen LogP contribution < -0.4 is 0 Å². The Morgan fingerprint density at radius 2 is 2.12 bits per heavy atom. The molecule has 0 aliphatic carbocycles. The van der Waals surface area contributed by atoms with E-state index in [0.29, 0.717) is 12.2 Å². The molecular formula is C14H13NO2. The van der Waals surface area contributed by atoms with E-state index in [-0.39, 0.29) is 5.78 Å². The number of hydrogen-bond acceptors (Lipinski definition) is 3. The van der Waals surface area contributed by atoms with Crippen molar-refractivity contribution in [3.05, 3.63) is 48.2 Å². The molecule has 17 heavy (non-hydrogen) atoms. The molecule has 0 saturated carbocycles. The smallest absolute Gasteiger partial charge is 0.160 e. The first kappa shape index (κ1) is 11.3. The van der Waals surface area contributed by atoms with Crippen LogP contribution in [0.25, 0.3) is 17.3 Å². The molecule has 1 heterocycles. The highest BCUT2D eigenvalue weighted by Gasteiger charge is 2.03. The fraction of sp³-hybridized carbons (Fsp3) is 0.143. The van der Waals surface area contributed by atoms with Crippen molar-refractivity contribution in [1.82, 2.24) is 5.16 Å². The van der Waals surface area contributed by atoms with Crippen LogP contribution >= 0.6 is 0 Å². The van der Waals surface area contributed by atoms with E-state index in [2.05, 4.69) is 5.16 Å². The Morgan fingerprint density at radius 3 is 2.82 bits per heavy atom. The summed E-state index contributed by atoms with van der Waals surface area (Å²) < 4.78 is 5.12. The van der Waals surface area contributed by atoms with Crippen LogP contribution in [0.1, 0.15) is 19.1 Å². The summed E-state index contributed by atoms with van der Waals surface area (Å²) in [5, 5.41) is 3.95. The summed E-state index contributed by atoms with van der Waals surface area (Å²) in [6, 6.07) is 11.6. The molecule has 3 heteroatoms. The Bertz CT molecular complexity index is 526. The van der Waals surface area contributed by atoms with Crippen LogP contribution in [0.3, 0.4) is 0 Å². The van der Waals surface area contributed by atoms with Gasteiger partial charge in [-0.3, -0.25) is 4.79 Å². The fourth-order valence-electron chi connectivity index (χ4n) is 1.41. The van der Waals surface area contributed by atoms with Gasteiger partial charge in [-0.15, -0.1) is 0 Å². The largest absolute Gasteiger partial charge is 0.356 e. The van der Waals surface area contributed by atoms with E-state index in [1.165, 1.54) is 6.08 Å². The Labute approximate surface area is 99.8 Å². The van der Waals surface area contributed by atoms with Crippen molar-refractivity contribution in [2.24, 2.45) is 0 Å². The van der Waals surface area contributed by atoms with Crippen molar-refractivity contribution in [3.8, 4) is 11.3 Å². The number of rotatable bonds is 4. The average molecular weight is 227 g/mol. The third-order valence-corrected chi connectivity index (χ3v) is 2.38. The molecule has 0 aliphatic heterocycles. The number of benzene rings is 1. The van der Waals surface area contributed by atoms with Crippen molar-refractivity contribution in [3.63, 3.8) is 0 Å². The van der Waals surface area contributed by atoms with Gasteiger partial charge in [-0.1, -0.05) is 42.4 Å². The summed E-state index contributed by atoms with van der Waals surface area (Å²) >= 11 is 0. The first-order valence-electron chi connectivity index (χ1n) is 5.52. The topological polar surface area (TPSA) is 43.1 Å². The second kappa shape index (κ2) is 5.25. The molecule has 0 atom stereocenters. The lowest BCUT2D eigenvalue weighted by atomic mass is 10.1. The monoisotopic (exact) mass is 227 g/mol. The lowest BCUT2D eigenvalue weighted by molar-refractivity contribution is -0.114. The second-order valence-corrected chi connectivity index (χ2v) is 3.63. The zero-order valence-electron chi connectivity index (χ0n) is 9.59. The van der Waals surface area contributed by atoms with E-state index in [1.807, 2.05) is 43.3 Å². The summed E-state index contributed by atoms with van der Waals surface area (Å²) in [6.07, 6.45) is 3.65. The van der Waals surface area contributed by atoms with Gasteiger partial charge < -0.3 is 4.52 Å². The molecule has 0 amide bonds. The van der Waals surface area contributed by atoms with Gasteiger partial charge in [0.25, 0.3) is 0 Å². The summed E-state index contributed by atoms with van der Waals surface area (Å²) in [5.74, 6) is 0.660. The molecule has 86 valence electrons. The van der Waals surface area contributed by atoms with E-state index >= 15 is 0 Å². The van der Waals surface area contributed by atoms with Gasteiger partial charge in [-0.05, 0) is 12.2 Å². The average Bonchev–Trinajstić information content (AvgIpc) is 2.86. The SMILES string of the molecule is CCC(=O)/C=C/c1cc(-c2ccccc2)no1. The molecule has 0 fully saturated rings. The maximum absolute atomic E-state index is 11.1. The normalized spacial score (nSPS) is 10.9. The van der Waals surface area contributed by atoms with Crippen molar-refractivity contribution in [1.29, 1.82) is 0 Å². The van der Waals surface area contributed by atoms with Crippen LogP contribution in [0.15, 0.2) is 47.0 Å². The van der Waals surface area contributed by atoms with Crippen LogP contribution in [0.2, 0.25) is 0 Å². The first-order chi connectivity index (χ1) is 8.29. The van der Waals surface area contributed by atoms with E-state index in [9.17, 15) is 4.79 Å². The summed E-state index contributed by atoms with van der Waals surface area (Å²) in [6.45, 7) is 1.82. The van der Waals surface area contributed by atoms with E-state index < -0.39 is 0 Å². The second-order valence-electron chi connectivity index (χ2n) is 3.63. The molecule has 0 spiro atoms. The van der Waals surface area contributed by atoms with E-state index in [1.54, 1.807) is 6.08 Å². The number of hydrogen-bond donors (Lipinski definition) is 0. The molecular weight excluding hydrogens is 214 g/mol. The van der Waals surface area contributed by atoms with E-state index in [0.717, 1.165) is 11.3 Å². The summed E-state index contributed by atoms with van der Waals surface area (Å²) in [5.41, 5.74) is 1.77. The predicted molar refractivity (Wildman–Crippen MR) is 66.3 cm³/mol. The highest BCUT2D eigenvalue weighted by Crippen LogP contribution is 2.19. The zero-order chi connectivity index (χ0) is 12.1. The molecule has 2 rings (SSSR count). The van der Waals surface area contributed by atoms with Gasteiger partial charge in [0.15, 0.2) is 11.5 Å². The molecule has 0 saturated heterocycles. The number of carbonyl (C=O) groups excluding carboxylic acids is 1. The summed E-state index contributed by atoms with van der Waals surface area (Å²) in [7, 11) is 0. The zero-order valence-corrected chi connectivity index (χ0v) is 9.59. The van der Waals surface area contributed by atoms with Gasteiger partial charge in [0.1, 0.15) is 5.69 Å². The molecule has 1 aromatic carbocycles. The van der Waals surface area contributed by atoms with Crippen molar-refractivity contribution in [2.75, 3.05) is 0 Å². The molecule has 0 N–H and O–H groups in total. The molecule has 1 aromatic heterocycles. The van der Waals surface area contributed by atoms with Gasteiger partial charge in [0, 0.05) is 18.1 Å². The molecule has 0 radical (unpaired) electrons. The minimum Gasteiger partial charge on any atom is -0.356 e. The van der Waals surface area contributed by atoms with Gasteiger partial charge in [0.05, 0.1) is 0 Å². The van der Waals surface area contributed by atoms with Crippen LogP contribution in [0, 0.1) is 0 Å². The molecule has 0 unspecified atom stereocenters. The Hall–Kier alpha value is -2.16. The number of carbonyl (C=O) groups is 1. The number of allylic oxidation sites excluding steroid dienone is 1. The maximum atomic E-state index is 11.1. The molecule has 3 nitrogen and oxygen atoms in total. The van der Waals surface area contributed by atoms with Gasteiger partial charge in [-0.25, -0.2) is 0 Å². The van der Waals surface area contributed by atoms with Crippen molar-refractivity contribution < 1.29 is 9.32 Å². The number of ketones is 1. The Balaban J connectivity index is 2.17. The quantitative estimate of drug-likeness (QED) is 0.752. The lowest BCUT2D eigenvalue weighted by Gasteiger charge is -1.91.